The van der Waals surface area contributed by atoms with Crippen molar-refractivity contribution in [2.45, 2.75) is 70.9 Å². The summed E-state index contributed by atoms with van der Waals surface area (Å²) in [7, 11) is 1.85. The van der Waals surface area contributed by atoms with E-state index in [0.29, 0.717) is 18.2 Å². The molecular weight excluding hydrogens is 324 g/mol. The van der Waals surface area contributed by atoms with Gasteiger partial charge in [0.05, 0.1) is 12.2 Å². The van der Waals surface area contributed by atoms with Crippen LogP contribution in [0.4, 0.5) is 0 Å². The summed E-state index contributed by atoms with van der Waals surface area (Å²) in [6.45, 7) is 8.10. The number of guanidine groups is 1. The fourth-order valence-corrected chi connectivity index (χ4v) is 4.18. The predicted molar refractivity (Wildman–Crippen MR) is 107 cm³/mol. The maximum Gasteiger partial charge on any atom is 0.191 e. The van der Waals surface area contributed by atoms with E-state index >= 15 is 0 Å². The molecule has 5 nitrogen and oxygen atoms in total. The minimum absolute atomic E-state index is 0.304. The molecule has 1 saturated carbocycles. The quantitative estimate of drug-likeness (QED) is 0.628. The molecule has 5 heteroatoms. The molecule has 1 aliphatic heterocycles. The topological polar surface area (TPSA) is 48.9 Å². The second-order valence-electron chi connectivity index (χ2n) is 7.77. The average molecular weight is 359 g/mol. The van der Waals surface area contributed by atoms with E-state index in [4.69, 9.17) is 4.74 Å². The van der Waals surface area contributed by atoms with Crippen LogP contribution in [-0.2, 0) is 17.8 Å². The number of nitrogens with zero attached hydrogens (tertiary/aromatic N) is 2. The molecule has 2 N–H and O–H groups in total. The smallest absolute Gasteiger partial charge is 0.191 e. The van der Waals surface area contributed by atoms with Crippen LogP contribution in [0.15, 0.2) is 29.3 Å². The molecule has 1 saturated heterocycles. The Kier molecular flexibility index (Phi) is 6.92. The van der Waals surface area contributed by atoms with Gasteiger partial charge in [-0.15, -0.1) is 0 Å². The predicted octanol–water partition coefficient (Wildman–Crippen LogP) is 2.90. The van der Waals surface area contributed by atoms with E-state index < -0.39 is 0 Å². The van der Waals surface area contributed by atoms with Crippen LogP contribution in [0.5, 0.6) is 0 Å². The Labute approximate surface area is 158 Å². The van der Waals surface area contributed by atoms with Crippen LogP contribution in [0, 0.1) is 0 Å². The zero-order valence-corrected chi connectivity index (χ0v) is 16.5. The van der Waals surface area contributed by atoms with Gasteiger partial charge in [0.15, 0.2) is 5.96 Å². The lowest BCUT2D eigenvalue weighted by atomic mass is 10.1. The molecule has 2 aliphatic rings. The van der Waals surface area contributed by atoms with Gasteiger partial charge in [-0.3, -0.25) is 9.89 Å². The highest BCUT2D eigenvalue weighted by Gasteiger charge is 2.22. The third-order valence-electron chi connectivity index (χ3n) is 5.37. The molecule has 2 fully saturated rings. The summed E-state index contributed by atoms with van der Waals surface area (Å²) in [5, 5.41) is 7.06. The molecule has 1 aromatic carbocycles. The SMILES string of the molecule is CN=C(NCc1ccccc1CN1CC(C)OC(C)C1)NC1CCCC1. The van der Waals surface area contributed by atoms with E-state index in [-0.39, 0.29) is 0 Å². The fraction of sp³-hybridized carbons (Fsp3) is 0.667. The fourth-order valence-electron chi connectivity index (χ4n) is 4.18. The Morgan fingerprint density at radius 1 is 1.12 bits per heavy atom. The Bertz CT molecular complexity index is 587. The van der Waals surface area contributed by atoms with Gasteiger partial charge in [-0.25, -0.2) is 0 Å². The second kappa shape index (κ2) is 9.38. The first-order valence-electron chi connectivity index (χ1n) is 10.1. The number of aliphatic imine (C=N–C) groups is 1. The zero-order chi connectivity index (χ0) is 18.4. The maximum atomic E-state index is 5.86. The summed E-state index contributed by atoms with van der Waals surface area (Å²) in [5.74, 6) is 0.917. The average Bonchev–Trinajstić information content (AvgIpc) is 3.12. The van der Waals surface area contributed by atoms with Crippen molar-refractivity contribution in [1.29, 1.82) is 0 Å². The standard InChI is InChI=1S/C21H34N4O/c1-16-13-25(14-17(2)26-16)15-19-9-5-4-8-18(19)12-23-21(22-3)24-20-10-6-7-11-20/h4-5,8-9,16-17,20H,6-7,10-15H2,1-3H3,(H2,22,23,24). The lowest BCUT2D eigenvalue weighted by Gasteiger charge is -2.35. The molecule has 144 valence electrons. The van der Waals surface area contributed by atoms with Crippen molar-refractivity contribution < 1.29 is 4.74 Å². The third kappa shape index (κ3) is 5.45. The number of hydrogen-bond donors (Lipinski definition) is 2. The van der Waals surface area contributed by atoms with Crippen LogP contribution in [-0.4, -0.2) is 49.2 Å². The van der Waals surface area contributed by atoms with Crippen LogP contribution >= 0.6 is 0 Å². The van der Waals surface area contributed by atoms with Crippen molar-refractivity contribution in [2.75, 3.05) is 20.1 Å². The number of nitrogens with one attached hydrogen (secondary N) is 2. The van der Waals surface area contributed by atoms with Crippen LogP contribution in [0.3, 0.4) is 0 Å². The lowest BCUT2D eigenvalue weighted by Crippen LogP contribution is -2.45. The van der Waals surface area contributed by atoms with E-state index in [1.54, 1.807) is 0 Å². The summed E-state index contributed by atoms with van der Waals surface area (Å²) in [6, 6.07) is 9.30. The highest BCUT2D eigenvalue weighted by Crippen LogP contribution is 2.18. The maximum absolute atomic E-state index is 5.86. The molecular formula is C21H34N4O. The van der Waals surface area contributed by atoms with Crippen molar-refractivity contribution >= 4 is 5.96 Å². The zero-order valence-electron chi connectivity index (χ0n) is 16.5. The van der Waals surface area contributed by atoms with Gasteiger partial charge >= 0.3 is 0 Å². The Balaban J connectivity index is 1.57. The molecule has 0 aromatic heterocycles. The first-order valence-corrected chi connectivity index (χ1v) is 10.1. The van der Waals surface area contributed by atoms with Gasteiger partial charge in [-0.05, 0) is 37.8 Å². The molecule has 1 aliphatic carbocycles. The van der Waals surface area contributed by atoms with Crippen LogP contribution in [0.25, 0.3) is 0 Å². The molecule has 1 heterocycles. The molecule has 0 bridgehead atoms. The largest absolute Gasteiger partial charge is 0.373 e. The first kappa shape index (κ1) is 19.2. The van der Waals surface area contributed by atoms with E-state index in [1.165, 1.54) is 36.8 Å². The van der Waals surface area contributed by atoms with Gasteiger partial charge in [0.25, 0.3) is 0 Å². The highest BCUT2D eigenvalue weighted by atomic mass is 16.5. The van der Waals surface area contributed by atoms with Gasteiger partial charge < -0.3 is 15.4 Å². The number of ether oxygens (including phenoxy) is 1. The summed E-state index contributed by atoms with van der Waals surface area (Å²) >= 11 is 0. The normalized spacial score (nSPS) is 25.4. The lowest BCUT2D eigenvalue weighted by molar-refractivity contribution is -0.0705. The monoisotopic (exact) mass is 358 g/mol. The molecule has 26 heavy (non-hydrogen) atoms. The Morgan fingerprint density at radius 3 is 2.42 bits per heavy atom. The molecule has 3 rings (SSSR count). The van der Waals surface area contributed by atoms with Gasteiger partial charge in [0.2, 0.25) is 0 Å². The molecule has 2 unspecified atom stereocenters. The van der Waals surface area contributed by atoms with Gasteiger partial charge in [-0.1, -0.05) is 37.1 Å². The number of hydrogen-bond acceptors (Lipinski definition) is 3. The number of rotatable bonds is 5. The molecule has 0 spiro atoms. The van der Waals surface area contributed by atoms with Crippen LogP contribution in [0.2, 0.25) is 0 Å². The number of morpholine rings is 1. The minimum Gasteiger partial charge on any atom is -0.373 e. The van der Waals surface area contributed by atoms with E-state index in [0.717, 1.165) is 32.1 Å². The summed E-state index contributed by atoms with van der Waals surface area (Å²) in [5.41, 5.74) is 2.73. The van der Waals surface area contributed by atoms with Crippen LogP contribution in [0.1, 0.15) is 50.7 Å². The Morgan fingerprint density at radius 2 is 1.77 bits per heavy atom. The second-order valence-corrected chi connectivity index (χ2v) is 7.77. The Hall–Kier alpha value is -1.59. The summed E-state index contributed by atoms with van der Waals surface area (Å²) in [4.78, 5) is 6.90. The van der Waals surface area contributed by atoms with E-state index in [9.17, 15) is 0 Å². The highest BCUT2D eigenvalue weighted by molar-refractivity contribution is 5.80. The molecule has 0 radical (unpaired) electrons. The van der Waals surface area contributed by atoms with Crippen molar-refractivity contribution in [3.05, 3.63) is 35.4 Å². The van der Waals surface area contributed by atoms with Gasteiger partial charge in [0, 0.05) is 39.3 Å². The molecule has 2 atom stereocenters. The molecule has 0 amide bonds. The summed E-state index contributed by atoms with van der Waals surface area (Å²) in [6.07, 6.45) is 5.77. The summed E-state index contributed by atoms with van der Waals surface area (Å²) < 4.78 is 5.86. The number of benzene rings is 1. The van der Waals surface area contributed by atoms with E-state index in [2.05, 4.69) is 58.6 Å². The molecule has 1 aromatic rings. The first-order chi connectivity index (χ1) is 12.6. The van der Waals surface area contributed by atoms with Crippen molar-refractivity contribution in [3.8, 4) is 0 Å². The van der Waals surface area contributed by atoms with Crippen molar-refractivity contribution in [2.24, 2.45) is 4.99 Å². The minimum atomic E-state index is 0.304. The van der Waals surface area contributed by atoms with Gasteiger partial charge in [-0.2, -0.15) is 0 Å². The van der Waals surface area contributed by atoms with E-state index in [1.807, 2.05) is 7.05 Å². The van der Waals surface area contributed by atoms with Crippen molar-refractivity contribution in [3.63, 3.8) is 0 Å². The third-order valence-corrected chi connectivity index (χ3v) is 5.37. The van der Waals surface area contributed by atoms with Gasteiger partial charge in [0.1, 0.15) is 0 Å². The van der Waals surface area contributed by atoms with Crippen LogP contribution < -0.4 is 10.6 Å². The van der Waals surface area contributed by atoms with Crippen molar-refractivity contribution in [1.82, 2.24) is 15.5 Å².